The minimum atomic E-state index is -2.98. The molecule has 0 spiro atoms. The number of fused-ring (bicyclic) bond motifs is 4. The van der Waals surface area contributed by atoms with E-state index in [0.29, 0.717) is 6.42 Å². The van der Waals surface area contributed by atoms with Gasteiger partial charge in [-0.05, 0) is 59.8 Å². The molecule has 0 amide bonds. The average molecular weight is 395 g/mol. The second kappa shape index (κ2) is 6.46. The SMILES string of the molecule is CN1CCc2ccc(Cc3ccc4c(c3)c3c(n4C)CCS(=O)(=O)C3)cc2C1. The maximum atomic E-state index is 12.2. The average Bonchev–Trinajstić information content (AvgIpc) is 2.92. The molecule has 0 fully saturated rings. The van der Waals surface area contributed by atoms with Gasteiger partial charge in [-0.3, -0.25) is 0 Å². The van der Waals surface area contributed by atoms with Gasteiger partial charge in [0.2, 0.25) is 0 Å². The highest BCUT2D eigenvalue weighted by Crippen LogP contribution is 2.32. The molecule has 0 atom stereocenters. The van der Waals surface area contributed by atoms with E-state index in [1.807, 2.05) is 0 Å². The van der Waals surface area contributed by atoms with Crippen molar-refractivity contribution in [3.05, 3.63) is 69.9 Å². The summed E-state index contributed by atoms with van der Waals surface area (Å²) in [5, 5.41) is 1.11. The third-order valence-electron chi connectivity index (χ3n) is 6.40. The Kier molecular flexibility index (Phi) is 4.14. The van der Waals surface area contributed by atoms with Gasteiger partial charge in [0.1, 0.15) is 0 Å². The molecule has 3 heterocycles. The summed E-state index contributed by atoms with van der Waals surface area (Å²) in [6, 6.07) is 13.4. The zero-order valence-corrected chi connectivity index (χ0v) is 17.3. The van der Waals surface area contributed by atoms with E-state index >= 15 is 0 Å². The monoisotopic (exact) mass is 394 g/mol. The first-order valence-corrected chi connectivity index (χ1v) is 11.8. The van der Waals surface area contributed by atoms with Crippen molar-refractivity contribution in [2.45, 2.75) is 31.6 Å². The zero-order chi connectivity index (χ0) is 19.5. The third-order valence-corrected chi connectivity index (χ3v) is 7.95. The van der Waals surface area contributed by atoms with E-state index in [0.717, 1.165) is 42.4 Å². The summed E-state index contributed by atoms with van der Waals surface area (Å²) in [5.41, 5.74) is 8.81. The van der Waals surface area contributed by atoms with E-state index < -0.39 is 9.84 Å². The molecule has 1 aromatic heterocycles. The molecule has 0 saturated heterocycles. The molecule has 0 radical (unpaired) electrons. The summed E-state index contributed by atoms with van der Waals surface area (Å²) in [6.45, 7) is 2.15. The van der Waals surface area contributed by atoms with Crippen LogP contribution in [0.5, 0.6) is 0 Å². The lowest BCUT2D eigenvalue weighted by molar-refractivity contribution is 0.313. The fraction of sp³-hybridized carbons (Fsp3) is 0.391. The first kappa shape index (κ1) is 18.0. The number of hydrogen-bond acceptors (Lipinski definition) is 3. The van der Waals surface area contributed by atoms with E-state index in [9.17, 15) is 8.42 Å². The first-order chi connectivity index (χ1) is 13.4. The number of nitrogens with zero attached hydrogens (tertiary/aromatic N) is 2. The molecule has 0 bridgehead atoms. The zero-order valence-electron chi connectivity index (χ0n) is 16.5. The van der Waals surface area contributed by atoms with E-state index in [-0.39, 0.29) is 11.5 Å². The third kappa shape index (κ3) is 3.07. The van der Waals surface area contributed by atoms with Crippen LogP contribution in [0.1, 0.15) is 33.5 Å². The molecule has 2 aliphatic rings. The Bertz CT molecular complexity index is 1190. The van der Waals surface area contributed by atoms with Crippen molar-refractivity contribution in [1.82, 2.24) is 9.47 Å². The Morgan fingerprint density at radius 3 is 2.61 bits per heavy atom. The summed E-state index contributed by atoms with van der Waals surface area (Å²) in [4.78, 5) is 2.37. The normalized spacial score (nSPS) is 18.8. The van der Waals surface area contributed by atoms with Gasteiger partial charge in [-0.2, -0.15) is 0 Å². The van der Waals surface area contributed by atoms with E-state index in [1.54, 1.807) is 0 Å². The molecular weight excluding hydrogens is 368 g/mol. The molecule has 0 unspecified atom stereocenters. The Balaban J connectivity index is 1.52. The Hall–Kier alpha value is -2.11. The van der Waals surface area contributed by atoms with E-state index in [2.05, 4.69) is 60.0 Å². The van der Waals surface area contributed by atoms with Crippen LogP contribution < -0.4 is 0 Å². The number of sulfone groups is 1. The minimum absolute atomic E-state index is 0.175. The summed E-state index contributed by atoms with van der Waals surface area (Å²) in [6.07, 6.45) is 2.63. The van der Waals surface area contributed by atoms with Gasteiger partial charge in [-0.1, -0.05) is 24.3 Å². The fourth-order valence-corrected chi connectivity index (χ4v) is 6.26. The minimum Gasteiger partial charge on any atom is -0.347 e. The Morgan fingerprint density at radius 1 is 0.964 bits per heavy atom. The summed E-state index contributed by atoms with van der Waals surface area (Å²) in [5.74, 6) is 0.439. The molecule has 0 saturated carbocycles. The largest absolute Gasteiger partial charge is 0.347 e. The van der Waals surface area contributed by atoms with Gasteiger partial charge in [0, 0.05) is 43.2 Å². The lowest BCUT2D eigenvalue weighted by Crippen LogP contribution is -2.26. The van der Waals surface area contributed by atoms with Gasteiger partial charge in [0.25, 0.3) is 0 Å². The second-order valence-corrected chi connectivity index (χ2v) is 10.6. The predicted molar refractivity (Wildman–Crippen MR) is 113 cm³/mol. The molecule has 146 valence electrons. The van der Waals surface area contributed by atoms with Crippen LogP contribution in [-0.2, 0) is 48.4 Å². The van der Waals surface area contributed by atoms with Crippen molar-refractivity contribution in [3.8, 4) is 0 Å². The lowest BCUT2D eigenvalue weighted by atomic mass is 9.94. The van der Waals surface area contributed by atoms with Gasteiger partial charge in [0.15, 0.2) is 9.84 Å². The van der Waals surface area contributed by atoms with Crippen LogP contribution in [0.25, 0.3) is 10.9 Å². The smallest absolute Gasteiger partial charge is 0.154 e. The Labute approximate surface area is 166 Å². The first-order valence-electron chi connectivity index (χ1n) is 9.98. The molecule has 2 aliphatic heterocycles. The topological polar surface area (TPSA) is 42.3 Å². The van der Waals surface area contributed by atoms with Gasteiger partial charge < -0.3 is 9.47 Å². The second-order valence-electron chi connectivity index (χ2n) is 8.45. The summed E-state index contributed by atoms with van der Waals surface area (Å²) >= 11 is 0. The molecule has 0 aliphatic carbocycles. The number of aromatic nitrogens is 1. The number of benzene rings is 2. The highest BCUT2D eigenvalue weighted by Gasteiger charge is 2.26. The lowest BCUT2D eigenvalue weighted by Gasteiger charge is -2.25. The van der Waals surface area contributed by atoms with Crippen LogP contribution in [0.15, 0.2) is 36.4 Å². The van der Waals surface area contributed by atoms with E-state index in [4.69, 9.17) is 0 Å². The fourth-order valence-electron chi connectivity index (χ4n) is 4.85. The molecule has 0 N–H and O–H groups in total. The molecule has 28 heavy (non-hydrogen) atoms. The van der Waals surface area contributed by atoms with Crippen molar-refractivity contribution >= 4 is 20.7 Å². The maximum absolute atomic E-state index is 12.2. The van der Waals surface area contributed by atoms with Gasteiger partial charge >= 0.3 is 0 Å². The number of hydrogen-bond donors (Lipinski definition) is 0. The van der Waals surface area contributed by atoms with Crippen molar-refractivity contribution in [1.29, 1.82) is 0 Å². The highest BCUT2D eigenvalue weighted by atomic mass is 32.2. The molecule has 3 aromatic rings. The number of likely N-dealkylation sites (N-methyl/N-ethyl adjacent to an activating group) is 1. The summed E-state index contributed by atoms with van der Waals surface area (Å²) < 4.78 is 26.6. The Morgan fingerprint density at radius 2 is 1.75 bits per heavy atom. The van der Waals surface area contributed by atoms with Crippen LogP contribution in [0, 0.1) is 0 Å². The molecule has 5 heteroatoms. The molecule has 4 nitrogen and oxygen atoms in total. The maximum Gasteiger partial charge on any atom is 0.154 e. The number of rotatable bonds is 2. The van der Waals surface area contributed by atoms with Crippen molar-refractivity contribution in [2.75, 3.05) is 19.3 Å². The molecule has 2 aromatic carbocycles. The van der Waals surface area contributed by atoms with Crippen LogP contribution in [0.2, 0.25) is 0 Å². The summed E-state index contributed by atoms with van der Waals surface area (Å²) in [7, 11) is 1.25. The molecule has 5 rings (SSSR count). The van der Waals surface area contributed by atoms with E-state index in [1.165, 1.54) is 27.9 Å². The van der Waals surface area contributed by atoms with Gasteiger partial charge in [-0.25, -0.2) is 8.42 Å². The van der Waals surface area contributed by atoms with Crippen LogP contribution in [0.4, 0.5) is 0 Å². The van der Waals surface area contributed by atoms with Gasteiger partial charge in [0.05, 0.1) is 11.5 Å². The predicted octanol–water partition coefficient (Wildman–Crippen LogP) is 3.23. The van der Waals surface area contributed by atoms with Gasteiger partial charge in [-0.15, -0.1) is 0 Å². The highest BCUT2D eigenvalue weighted by molar-refractivity contribution is 7.90. The van der Waals surface area contributed by atoms with Crippen molar-refractivity contribution in [2.24, 2.45) is 7.05 Å². The van der Waals surface area contributed by atoms with Crippen molar-refractivity contribution in [3.63, 3.8) is 0 Å². The van der Waals surface area contributed by atoms with Crippen LogP contribution >= 0.6 is 0 Å². The number of aryl methyl sites for hydroxylation is 1. The molecular formula is C23H26N2O2S. The standard InChI is InChI=1S/C23H26N2O2S/c1-24-9-7-18-5-3-16(12-19(18)14-24)11-17-4-6-22-20(13-17)21-15-28(26,27)10-8-23(21)25(22)2/h3-6,12-13H,7-11,14-15H2,1-2H3. The van der Waals surface area contributed by atoms with Crippen LogP contribution in [0.3, 0.4) is 0 Å². The van der Waals surface area contributed by atoms with Crippen molar-refractivity contribution < 1.29 is 8.42 Å². The van der Waals surface area contributed by atoms with Crippen LogP contribution in [-0.4, -0.2) is 37.2 Å². The quantitative estimate of drug-likeness (QED) is 0.670.